The molecule has 0 aromatic heterocycles. The molecule has 0 aliphatic heterocycles. The average molecular weight is 579 g/mol. The number of hydrogen-bond acceptors (Lipinski definition) is 6. The van der Waals surface area contributed by atoms with Crippen molar-refractivity contribution in [2.75, 3.05) is 13.2 Å². The molecule has 0 aliphatic rings. The van der Waals surface area contributed by atoms with E-state index < -0.39 is 18.2 Å². The van der Waals surface area contributed by atoms with Crippen LogP contribution in [0.25, 0.3) is 0 Å². The van der Waals surface area contributed by atoms with E-state index in [1.807, 2.05) is 12.2 Å². The Hall–Kier alpha value is -1.92. The number of allylic oxidation sites excluding steroid dienone is 5. The third kappa shape index (κ3) is 30.9. The Kier molecular flexibility index (Phi) is 28.2. The van der Waals surface area contributed by atoms with Crippen molar-refractivity contribution in [3.8, 4) is 0 Å². The molecule has 6 nitrogen and oxygen atoms in total. The predicted octanol–water partition coefficient (Wildman–Crippen LogP) is 8.55. The largest absolute Gasteiger partial charge is 0.463 e. The molecule has 2 atom stereocenters. The van der Waals surface area contributed by atoms with Crippen molar-refractivity contribution >= 4 is 11.9 Å². The second kappa shape index (κ2) is 29.6. The highest BCUT2D eigenvalue weighted by atomic mass is 16.6. The lowest BCUT2D eigenvalue weighted by Crippen LogP contribution is -2.25. The molecule has 0 spiro atoms. The lowest BCUT2D eigenvalue weighted by Gasteiger charge is -2.12. The first kappa shape index (κ1) is 39.1. The summed E-state index contributed by atoms with van der Waals surface area (Å²) in [4.78, 5) is 23.7. The van der Waals surface area contributed by atoms with Crippen LogP contribution in [0.4, 0.5) is 0 Å². The molecule has 1 unspecified atom stereocenters. The van der Waals surface area contributed by atoms with Crippen molar-refractivity contribution in [2.45, 2.75) is 155 Å². The van der Waals surface area contributed by atoms with Crippen molar-refractivity contribution in [1.29, 1.82) is 0 Å². The standard InChI is InChI=1S/C35H62O6/c1-4-5-6-7-8-9-10-11-12-13-14-18-21-25-32(36)26-23-28-35(39)41-30-33(37)29-40-34(38)27-22-19-16-15-17-20-24-31(2)3/h11-12,14,18,21,25,31-33,36-37H,4-10,13,15-17,19-20,22-24,26-30H2,1-3H3/b12-11+,18-14+,25-21+/t32?,33-/m0/s1. The highest BCUT2D eigenvalue weighted by Gasteiger charge is 2.12. The van der Waals surface area contributed by atoms with E-state index in [0.717, 1.165) is 38.0 Å². The summed E-state index contributed by atoms with van der Waals surface area (Å²) in [5.41, 5.74) is 0. The molecule has 238 valence electrons. The number of rotatable bonds is 28. The number of hydrogen-bond donors (Lipinski definition) is 2. The fourth-order valence-corrected chi connectivity index (χ4v) is 4.34. The Balaban J connectivity index is 3.69. The molecule has 41 heavy (non-hydrogen) atoms. The minimum absolute atomic E-state index is 0.161. The van der Waals surface area contributed by atoms with E-state index in [-0.39, 0.29) is 25.6 Å². The molecule has 0 bridgehead atoms. The minimum Gasteiger partial charge on any atom is -0.463 e. The zero-order chi connectivity index (χ0) is 30.4. The first-order valence-corrected chi connectivity index (χ1v) is 16.5. The number of esters is 2. The number of carbonyl (C=O) groups is 2. The normalized spacial score (nSPS) is 13.5. The summed E-state index contributed by atoms with van der Waals surface area (Å²) in [6, 6.07) is 0. The third-order valence-electron chi connectivity index (χ3n) is 6.91. The van der Waals surface area contributed by atoms with Gasteiger partial charge in [-0.3, -0.25) is 9.59 Å². The Labute approximate surface area is 251 Å². The van der Waals surface area contributed by atoms with Crippen LogP contribution in [0.3, 0.4) is 0 Å². The Morgan fingerprint density at radius 1 is 0.659 bits per heavy atom. The first-order chi connectivity index (χ1) is 19.8. The zero-order valence-corrected chi connectivity index (χ0v) is 26.6. The second-order valence-corrected chi connectivity index (χ2v) is 11.6. The van der Waals surface area contributed by atoms with Crippen LogP contribution in [0.5, 0.6) is 0 Å². The minimum atomic E-state index is -1.03. The van der Waals surface area contributed by atoms with Crippen LogP contribution in [0, 0.1) is 5.92 Å². The highest BCUT2D eigenvalue weighted by Crippen LogP contribution is 2.12. The van der Waals surface area contributed by atoms with E-state index in [2.05, 4.69) is 39.0 Å². The van der Waals surface area contributed by atoms with Crippen molar-refractivity contribution in [3.05, 3.63) is 36.5 Å². The van der Waals surface area contributed by atoms with Crippen molar-refractivity contribution in [2.24, 2.45) is 5.92 Å². The summed E-state index contributed by atoms with van der Waals surface area (Å²) in [5, 5.41) is 20.0. The summed E-state index contributed by atoms with van der Waals surface area (Å²) >= 11 is 0. The fourth-order valence-electron chi connectivity index (χ4n) is 4.34. The number of carbonyl (C=O) groups excluding carboxylic acids is 2. The van der Waals surface area contributed by atoms with Crippen molar-refractivity contribution in [1.82, 2.24) is 0 Å². The lowest BCUT2D eigenvalue weighted by atomic mass is 10.0. The van der Waals surface area contributed by atoms with Crippen molar-refractivity contribution in [3.63, 3.8) is 0 Å². The van der Waals surface area contributed by atoms with Gasteiger partial charge in [-0.1, -0.05) is 128 Å². The maximum absolute atomic E-state index is 11.9. The number of aliphatic hydroxyl groups excluding tert-OH is 2. The summed E-state index contributed by atoms with van der Waals surface area (Å²) in [7, 11) is 0. The van der Waals surface area contributed by atoms with Gasteiger partial charge in [0.05, 0.1) is 6.10 Å². The third-order valence-corrected chi connectivity index (χ3v) is 6.91. The van der Waals surface area contributed by atoms with Gasteiger partial charge in [0.15, 0.2) is 0 Å². The Bertz CT molecular complexity index is 697. The zero-order valence-electron chi connectivity index (χ0n) is 26.6. The van der Waals surface area contributed by atoms with Crippen LogP contribution in [-0.2, 0) is 19.1 Å². The molecule has 0 rings (SSSR count). The maximum atomic E-state index is 11.9. The van der Waals surface area contributed by atoms with Gasteiger partial charge >= 0.3 is 11.9 Å². The van der Waals surface area contributed by atoms with E-state index in [9.17, 15) is 19.8 Å². The first-order valence-electron chi connectivity index (χ1n) is 16.5. The molecule has 0 amide bonds. The van der Waals surface area contributed by atoms with E-state index in [0.29, 0.717) is 19.3 Å². The topological polar surface area (TPSA) is 93.1 Å². The van der Waals surface area contributed by atoms with Gasteiger partial charge in [-0.25, -0.2) is 0 Å². The monoisotopic (exact) mass is 578 g/mol. The summed E-state index contributed by atoms with van der Waals surface area (Å²) in [6.45, 7) is 6.35. The van der Waals surface area contributed by atoms with E-state index in [4.69, 9.17) is 9.47 Å². The van der Waals surface area contributed by atoms with E-state index in [1.165, 1.54) is 64.2 Å². The number of unbranched alkanes of at least 4 members (excludes halogenated alkanes) is 11. The van der Waals surface area contributed by atoms with Gasteiger partial charge in [-0.2, -0.15) is 0 Å². The van der Waals surface area contributed by atoms with Crippen LogP contribution >= 0.6 is 0 Å². The van der Waals surface area contributed by atoms with Crippen LogP contribution < -0.4 is 0 Å². The van der Waals surface area contributed by atoms with E-state index >= 15 is 0 Å². The highest BCUT2D eigenvalue weighted by molar-refractivity contribution is 5.69. The van der Waals surface area contributed by atoms with Gasteiger partial charge in [-0.15, -0.1) is 0 Å². The maximum Gasteiger partial charge on any atom is 0.305 e. The number of ether oxygens (including phenoxy) is 2. The molecule has 2 N–H and O–H groups in total. The molecular weight excluding hydrogens is 516 g/mol. The number of aliphatic hydroxyl groups is 2. The quantitative estimate of drug-likeness (QED) is 0.0418. The lowest BCUT2D eigenvalue weighted by molar-refractivity contribution is -0.152. The molecule has 0 fully saturated rings. The average Bonchev–Trinajstić information content (AvgIpc) is 2.94. The van der Waals surface area contributed by atoms with E-state index in [1.54, 1.807) is 6.08 Å². The summed E-state index contributed by atoms with van der Waals surface area (Å²) < 4.78 is 10.2. The smallest absolute Gasteiger partial charge is 0.305 e. The second-order valence-electron chi connectivity index (χ2n) is 11.6. The predicted molar refractivity (Wildman–Crippen MR) is 170 cm³/mol. The molecule has 6 heteroatoms. The fraction of sp³-hybridized carbons (Fsp3) is 0.771. The molecule has 0 saturated carbocycles. The van der Waals surface area contributed by atoms with Gasteiger partial charge < -0.3 is 19.7 Å². The van der Waals surface area contributed by atoms with Crippen LogP contribution in [0.1, 0.15) is 143 Å². The van der Waals surface area contributed by atoms with Crippen LogP contribution in [0.2, 0.25) is 0 Å². The SMILES string of the molecule is CCCCCCCC/C=C/C/C=C/C=C/C(O)CCCC(=O)OC[C@@H](O)COC(=O)CCCCCCCCC(C)C. The molecule has 0 aliphatic carbocycles. The molecule has 0 heterocycles. The Morgan fingerprint density at radius 2 is 1.24 bits per heavy atom. The van der Waals surface area contributed by atoms with Gasteiger partial charge in [0.25, 0.3) is 0 Å². The van der Waals surface area contributed by atoms with Gasteiger partial charge in [0.1, 0.15) is 19.3 Å². The molecule has 0 aromatic rings. The summed E-state index contributed by atoms with van der Waals surface area (Å²) in [6.07, 6.45) is 29.6. The van der Waals surface area contributed by atoms with Crippen molar-refractivity contribution < 1.29 is 29.3 Å². The molecule has 0 radical (unpaired) electrons. The van der Waals surface area contributed by atoms with Crippen LogP contribution in [-0.4, -0.2) is 47.6 Å². The Morgan fingerprint density at radius 3 is 1.90 bits per heavy atom. The summed E-state index contributed by atoms with van der Waals surface area (Å²) in [5.74, 6) is -0.00000676. The molecular formula is C35H62O6. The van der Waals surface area contributed by atoms with Gasteiger partial charge in [0.2, 0.25) is 0 Å². The molecule has 0 aromatic carbocycles. The van der Waals surface area contributed by atoms with Gasteiger partial charge in [0, 0.05) is 12.8 Å². The molecule has 0 saturated heterocycles. The van der Waals surface area contributed by atoms with Crippen LogP contribution in [0.15, 0.2) is 36.5 Å². The van der Waals surface area contributed by atoms with Gasteiger partial charge in [-0.05, 0) is 44.4 Å².